The van der Waals surface area contributed by atoms with Crippen molar-refractivity contribution < 1.29 is 4.42 Å². The Labute approximate surface area is 305 Å². The predicted molar refractivity (Wildman–Crippen MR) is 216 cm³/mol. The van der Waals surface area contributed by atoms with Crippen LogP contribution in [0.3, 0.4) is 0 Å². The first-order valence-corrected chi connectivity index (χ1v) is 17.7. The molecular formula is C47H30ClN3O. The number of hydrogen-bond donors (Lipinski definition) is 1. The van der Waals surface area contributed by atoms with Gasteiger partial charge in [0.05, 0.1) is 5.02 Å². The van der Waals surface area contributed by atoms with Crippen LogP contribution in [0, 0.1) is 0 Å². The van der Waals surface area contributed by atoms with Gasteiger partial charge >= 0.3 is 0 Å². The topological polar surface area (TPSA) is 49.9 Å². The summed E-state index contributed by atoms with van der Waals surface area (Å²) in [6.45, 7) is 0. The van der Waals surface area contributed by atoms with Gasteiger partial charge in [-0.3, -0.25) is 0 Å². The fourth-order valence-electron chi connectivity index (χ4n) is 7.34. The van der Waals surface area contributed by atoms with Crippen LogP contribution in [0.4, 0.5) is 0 Å². The van der Waals surface area contributed by atoms with E-state index in [1.54, 1.807) is 0 Å². The van der Waals surface area contributed by atoms with Crippen molar-refractivity contribution in [3.8, 4) is 22.3 Å². The summed E-state index contributed by atoms with van der Waals surface area (Å²) in [6, 6.07) is 59.1. The highest BCUT2D eigenvalue weighted by Crippen LogP contribution is 2.41. The largest absolute Gasteiger partial charge is 0.454 e. The van der Waals surface area contributed by atoms with Crippen molar-refractivity contribution in [1.29, 1.82) is 0 Å². The second kappa shape index (κ2) is 12.4. The first-order chi connectivity index (χ1) is 25.6. The summed E-state index contributed by atoms with van der Waals surface area (Å²) in [5.74, 6) is 1.47. The van der Waals surface area contributed by atoms with E-state index in [2.05, 4.69) is 145 Å². The SMILES string of the molecule is Clc1ccc(-c2ccc3ccc(C4=NC(c5ccc6ccccc6c5)=NC(c5cccc(-c6ccccc6)c5)N4)cc3c2)c2c1oc1ccccc12. The highest BCUT2D eigenvalue weighted by molar-refractivity contribution is 6.36. The Hall–Kier alpha value is -6.49. The van der Waals surface area contributed by atoms with Gasteiger partial charge in [-0.15, -0.1) is 0 Å². The molecule has 1 aliphatic rings. The van der Waals surface area contributed by atoms with Crippen LogP contribution in [0.15, 0.2) is 184 Å². The summed E-state index contributed by atoms with van der Waals surface area (Å²) in [4.78, 5) is 10.4. The van der Waals surface area contributed by atoms with Crippen molar-refractivity contribution in [3.63, 3.8) is 0 Å². The molecule has 1 aliphatic heterocycles. The molecule has 0 radical (unpaired) electrons. The van der Waals surface area contributed by atoms with Crippen LogP contribution >= 0.6 is 11.6 Å². The first-order valence-electron chi connectivity index (χ1n) is 17.4. The molecule has 1 aromatic heterocycles. The van der Waals surface area contributed by atoms with Crippen LogP contribution in [0.5, 0.6) is 0 Å². The van der Waals surface area contributed by atoms with Crippen LogP contribution in [0.25, 0.3) is 65.7 Å². The van der Waals surface area contributed by atoms with Gasteiger partial charge in [-0.1, -0.05) is 145 Å². The maximum Gasteiger partial charge on any atom is 0.159 e. The standard InChI is InChI=1S/C47H30ClN3O/c48-41-24-23-39(43-40-15-6-7-16-42(40)52-44(41)43)34-20-17-31-19-22-37(28-38(31)27-34)47-50-45(35-14-8-13-33(25-35)29-9-2-1-3-10-29)49-46(51-47)36-21-18-30-11-4-5-12-32(30)26-36/h1-28,45H,(H,49,50,51). The van der Waals surface area contributed by atoms with Crippen molar-refractivity contribution in [3.05, 3.63) is 192 Å². The molecule has 0 fully saturated rings. The average Bonchev–Trinajstić information content (AvgIpc) is 3.61. The molecule has 52 heavy (non-hydrogen) atoms. The van der Waals surface area contributed by atoms with Gasteiger partial charge in [-0.25, -0.2) is 9.98 Å². The van der Waals surface area contributed by atoms with Crippen LogP contribution in [-0.2, 0) is 0 Å². The fourth-order valence-corrected chi connectivity index (χ4v) is 7.54. The molecule has 0 saturated heterocycles. The third-order valence-corrected chi connectivity index (χ3v) is 10.3. The van der Waals surface area contributed by atoms with E-state index < -0.39 is 0 Å². The van der Waals surface area contributed by atoms with E-state index in [0.717, 1.165) is 71.7 Å². The molecule has 1 N–H and O–H groups in total. The molecule has 9 aromatic rings. The Morgan fingerprint density at radius 1 is 0.519 bits per heavy atom. The smallest absolute Gasteiger partial charge is 0.159 e. The molecule has 1 unspecified atom stereocenters. The van der Waals surface area contributed by atoms with E-state index >= 15 is 0 Å². The van der Waals surface area contributed by atoms with E-state index in [4.69, 9.17) is 26.0 Å². The Balaban J connectivity index is 1.09. The van der Waals surface area contributed by atoms with Gasteiger partial charge in [0.2, 0.25) is 0 Å². The monoisotopic (exact) mass is 687 g/mol. The lowest BCUT2D eigenvalue weighted by Gasteiger charge is -2.24. The summed E-state index contributed by atoms with van der Waals surface area (Å²) >= 11 is 6.65. The minimum absolute atomic E-state index is 0.337. The number of fused-ring (bicyclic) bond motifs is 5. The van der Waals surface area contributed by atoms with Gasteiger partial charge in [-0.2, -0.15) is 0 Å². The number of furan rings is 1. The van der Waals surface area contributed by atoms with E-state index in [1.807, 2.05) is 30.3 Å². The molecule has 0 spiro atoms. The normalized spacial score (nSPS) is 14.4. The third kappa shape index (κ3) is 5.33. The zero-order valence-electron chi connectivity index (χ0n) is 27.9. The Kier molecular flexibility index (Phi) is 7.22. The number of rotatable bonds is 5. The van der Waals surface area contributed by atoms with Crippen molar-refractivity contribution in [2.75, 3.05) is 0 Å². The number of nitrogens with zero attached hydrogens (tertiary/aromatic N) is 2. The van der Waals surface area contributed by atoms with Crippen molar-refractivity contribution in [2.45, 2.75) is 6.17 Å². The quantitative estimate of drug-likeness (QED) is 0.196. The maximum atomic E-state index is 6.65. The van der Waals surface area contributed by atoms with Gasteiger partial charge < -0.3 is 9.73 Å². The van der Waals surface area contributed by atoms with Gasteiger partial charge in [0.15, 0.2) is 11.4 Å². The van der Waals surface area contributed by atoms with Crippen molar-refractivity contribution in [2.24, 2.45) is 9.98 Å². The summed E-state index contributed by atoms with van der Waals surface area (Å²) in [5.41, 5.74) is 9.03. The predicted octanol–water partition coefficient (Wildman–Crippen LogP) is 12.4. The fraction of sp³-hybridized carbons (Fsp3) is 0.0213. The zero-order chi connectivity index (χ0) is 34.6. The van der Waals surface area contributed by atoms with Gasteiger partial charge in [0.25, 0.3) is 0 Å². The summed E-state index contributed by atoms with van der Waals surface area (Å²) < 4.78 is 6.21. The lowest BCUT2D eigenvalue weighted by atomic mass is 9.96. The second-order valence-corrected chi connectivity index (χ2v) is 13.6. The third-order valence-electron chi connectivity index (χ3n) is 9.96. The number of amidine groups is 2. The van der Waals surface area contributed by atoms with Gasteiger partial charge in [0, 0.05) is 21.9 Å². The Morgan fingerprint density at radius 3 is 2.10 bits per heavy atom. The highest BCUT2D eigenvalue weighted by Gasteiger charge is 2.22. The molecule has 0 bridgehead atoms. The molecule has 10 rings (SSSR count). The molecule has 0 aliphatic carbocycles. The molecule has 246 valence electrons. The van der Waals surface area contributed by atoms with Crippen LogP contribution < -0.4 is 5.32 Å². The van der Waals surface area contributed by atoms with Crippen molar-refractivity contribution in [1.82, 2.24) is 5.32 Å². The molecule has 8 aromatic carbocycles. The van der Waals surface area contributed by atoms with E-state index in [-0.39, 0.29) is 6.17 Å². The lowest BCUT2D eigenvalue weighted by molar-refractivity contribution is 0.669. The van der Waals surface area contributed by atoms with Crippen LogP contribution in [-0.4, -0.2) is 11.7 Å². The Bertz CT molecular complexity index is 2910. The molecule has 0 amide bonds. The molecule has 0 saturated carbocycles. The average molecular weight is 688 g/mol. The number of nitrogens with one attached hydrogen (secondary N) is 1. The summed E-state index contributed by atoms with van der Waals surface area (Å²) in [6.07, 6.45) is -0.337. The van der Waals surface area contributed by atoms with E-state index in [0.29, 0.717) is 16.4 Å². The van der Waals surface area contributed by atoms with Crippen molar-refractivity contribution >= 4 is 66.8 Å². The number of hydrogen-bond acceptors (Lipinski definition) is 4. The van der Waals surface area contributed by atoms with E-state index in [1.165, 1.54) is 10.9 Å². The van der Waals surface area contributed by atoms with Gasteiger partial charge in [0.1, 0.15) is 17.6 Å². The minimum Gasteiger partial charge on any atom is -0.454 e. The number of benzene rings is 8. The zero-order valence-corrected chi connectivity index (χ0v) is 28.7. The molecule has 5 heteroatoms. The van der Waals surface area contributed by atoms with Crippen LogP contribution in [0.1, 0.15) is 22.9 Å². The molecule has 1 atom stereocenters. The minimum atomic E-state index is -0.337. The number of para-hydroxylation sites is 1. The molecular weight excluding hydrogens is 658 g/mol. The van der Waals surface area contributed by atoms with Crippen LogP contribution in [0.2, 0.25) is 5.02 Å². The maximum absolute atomic E-state index is 6.65. The molecule has 4 nitrogen and oxygen atoms in total. The number of aliphatic imine (C=N–C) groups is 2. The lowest BCUT2D eigenvalue weighted by Crippen LogP contribution is -2.33. The number of halogens is 1. The highest BCUT2D eigenvalue weighted by atomic mass is 35.5. The Morgan fingerprint density at radius 2 is 1.21 bits per heavy atom. The van der Waals surface area contributed by atoms with E-state index in [9.17, 15) is 0 Å². The molecule has 2 heterocycles. The first kappa shape index (κ1) is 30.3. The second-order valence-electron chi connectivity index (χ2n) is 13.2. The summed E-state index contributed by atoms with van der Waals surface area (Å²) in [7, 11) is 0. The summed E-state index contributed by atoms with van der Waals surface area (Å²) in [5, 5.41) is 11.0. The van der Waals surface area contributed by atoms with Gasteiger partial charge in [-0.05, 0) is 85.8 Å².